The Bertz CT molecular complexity index is 367. The van der Waals surface area contributed by atoms with Gasteiger partial charge in [0.2, 0.25) is 0 Å². The Morgan fingerprint density at radius 3 is 3.00 bits per heavy atom. The number of benzene rings is 1. The summed E-state index contributed by atoms with van der Waals surface area (Å²) >= 11 is 3.00. The third-order valence-corrected chi connectivity index (χ3v) is 3.15. The average Bonchev–Trinajstić information content (AvgIpc) is 2.27. The normalized spacial score (nSPS) is 21.6. The van der Waals surface area contributed by atoms with E-state index < -0.39 is 5.82 Å². The summed E-state index contributed by atoms with van der Waals surface area (Å²) in [5.74, 6) is -0.522. The summed E-state index contributed by atoms with van der Waals surface area (Å²) in [6.07, 6.45) is 0. The molecule has 1 aromatic carbocycles. The first-order valence-electron chi connectivity index (χ1n) is 4.68. The van der Waals surface area contributed by atoms with E-state index in [1.807, 2.05) is 0 Å². The zero-order chi connectivity index (χ0) is 10.8. The van der Waals surface area contributed by atoms with Gasteiger partial charge >= 0.3 is 0 Å². The van der Waals surface area contributed by atoms with Crippen LogP contribution in [-0.4, -0.2) is 24.9 Å². The van der Waals surface area contributed by atoms with Crippen LogP contribution >= 0.6 is 15.9 Å². The third kappa shape index (κ3) is 2.14. The highest BCUT2D eigenvalue weighted by Gasteiger charge is 2.20. The second-order valence-corrected chi connectivity index (χ2v) is 4.17. The van der Waals surface area contributed by atoms with Crippen LogP contribution in [0.4, 0.5) is 4.39 Å². The molecular weight excluding hydrogens is 265 g/mol. The molecule has 1 aliphatic heterocycles. The van der Waals surface area contributed by atoms with Gasteiger partial charge in [-0.25, -0.2) is 4.39 Å². The van der Waals surface area contributed by atoms with E-state index >= 15 is 0 Å². The van der Waals surface area contributed by atoms with Crippen LogP contribution in [0.25, 0.3) is 0 Å². The summed E-state index contributed by atoms with van der Waals surface area (Å²) in [5.41, 5.74) is 0.656. The van der Waals surface area contributed by atoms with Crippen LogP contribution in [0.1, 0.15) is 11.6 Å². The number of morpholine rings is 1. The molecule has 0 radical (unpaired) electrons. The van der Waals surface area contributed by atoms with Gasteiger partial charge in [-0.2, -0.15) is 0 Å². The fraction of sp³-hybridized carbons (Fsp3) is 0.400. The molecule has 15 heavy (non-hydrogen) atoms. The number of rotatable bonds is 1. The smallest absolute Gasteiger partial charge is 0.141 e. The number of ether oxygens (including phenoxy) is 1. The number of aromatic hydroxyl groups is 1. The Labute approximate surface area is 95.4 Å². The maximum atomic E-state index is 13.1. The van der Waals surface area contributed by atoms with Crippen molar-refractivity contribution in [3.63, 3.8) is 0 Å². The van der Waals surface area contributed by atoms with Gasteiger partial charge in [0, 0.05) is 12.1 Å². The number of hydrogen-bond donors (Lipinski definition) is 2. The Balaban J connectivity index is 2.31. The molecule has 1 atom stereocenters. The van der Waals surface area contributed by atoms with Crippen molar-refractivity contribution in [1.82, 2.24) is 5.32 Å². The maximum absolute atomic E-state index is 13.1. The summed E-state index contributed by atoms with van der Waals surface area (Å²) in [7, 11) is 0. The maximum Gasteiger partial charge on any atom is 0.141 e. The van der Waals surface area contributed by atoms with Crippen molar-refractivity contribution in [1.29, 1.82) is 0 Å². The van der Waals surface area contributed by atoms with Gasteiger partial charge in [0.25, 0.3) is 0 Å². The largest absolute Gasteiger partial charge is 0.506 e. The van der Waals surface area contributed by atoms with Crippen molar-refractivity contribution in [2.24, 2.45) is 0 Å². The molecule has 0 spiro atoms. The topological polar surface area (TPSA) is 41.5 Å². The predicted molar refractivity (Wildman–Crippen MR) is 57.3 cm³/mol. The fourth-order valence-corrected chi connectivity index (χ4v) is 1.96. The van der Waals surface area contributed by atoms with E-state index in [0.717, 1.165) is 6.54 Å². The first kappa shape index (κ1) is 10.9. The van der Waals surface area contributed by atoms with Gasteiger partial charge in [0.1, 0.15) is 11.6 Å². The van der Waals surface area contributed by atoms with E-state index in [4.69, 9.17) is 4.74 Å². The fourth-order valence-electron chi connectivity index (χ4n) is 1.60. The van der Waals surface area contributed by atoms with E-state index in [1.165, 1.54) is 6.07 Å². The van der Waals surface area contributed by atoms with Crippen LogP contribution in [0, 0.1) is 5.82 Å². The molecule has 1 heterocycles. The molecule has 0 aromatic heterocycles. The van der Waals surface area contributed by atoms with Gasteiger partial charge in [-0.3, -0.25) is 0 Å². The lowest BCUT2D eigenvalue weighted by Crippen LogP contribution is -2.34. The molecule has 0 unspecified atom stereocenters. The molecule has 0 aliphatic carbocycles. The number of phenolic OH excluding ortho intramolecular Hbond substituents is 1. The van der Waals surface area contributed by atoms with Gasteiger partial charge < -0.3 is 15.2 Å². The molecule has 1 fully saturated rings. The molecule has 5 heteroatoms. The third-order valence-electron chi connectivity index (χ3n) is 2.40. The second kappa shape index (κ2) is 4.47. The molecule has 2 rings (SSSR count). The summed E-state index contributed by atoms with van der Waals surface area (Å²) < 4.78 is 18.5. The number of phenols is 1. The van der Waals surface area contributed by atoms with Crippen molar-refractivity contribution in [3.8, 4) is 5.75 Å². The standard InChI is InChI=1S/C10H11BrFNO2/c11-9-7(12)2-1-6(10(9)14)8-5-15-4-3-13-8/h1-2,8,13-14H,3-5H2/t8-/m1/s1. The molecule has 0 amide bonds. The van der Waals surface area contributed by atoms with Crippen molar-refractivity contribution in [2.75, 3.05) is 19.8 Å². The lowest BCUT2D eigenvalue weighted by molar-refractivity contribution is 0.0760. The second-order valence-electron chi connectivity index (χ2n) is 3.38. The van der Waals surface area contributed by atoms with Crippen molar-refractivity contribution < 1.29 is 14.2 Å². The summed E-state index contributed by atoms with van der Waals surface area (Å²) in [4.78, 5) is 0. The summed E-state index contributed by atoms with van der Waals surface area (Å²) in [6, 6.07) is 2.83. The van der Waals surface area contributed by atoms with Crippen LogP contribution < -0.4 is 5.32 Å². The first-order valence-corrected chi connectivity index (χ1v) is 5.47. The van der Waals surface area contributed by atoms with E-state index in [-0.39, 0.29) is 16.3 Å². The Morgan fingerprint density at radius 1 is 1.53 bits per heavy atom. The quantitative estimate of drug-likeness (QED) is 0.823. The van der Waals surface area contributed by atoms with E-state index in [9.17, 15) is 9.50 Å². The van der Waals surface area contributed by atoms with E-state index in [1.54, 1.807) is 6.07 Å². The molecule has 0 bridgehead atoms. The van der Waals surface area contributed by atoms with Crippen LogP contribution in [-0.2, 0) is 4.74 Å². The number of hydrogen-bond acceptors (Lipinski definition) is 3. The summed E-state index contributed by atoms with van der Waals surface area (Å²) in [6.45, 7) is 1.89. The monoisotopic (exact) mass is 275 g/mol. The molecular formula is C10H11BrFNO2. The minimum Gasteiger partial charge on any atom is -0.506 e. The Kier molecular flexibility index (Phi) is 3.23. The highest BCUT2D eigenvalue weighted by Crippen LogP contribution is 2.34. The Hall–Kier alpha value is -0.650. The molecule has 1 saturated heterocycles. The molecule has 1 aromatic rings. The highest BCUT2D eigenvalue weighted by molar-refractivity contribution is 9.10. The SMILES string of the molecule is Oc1c([C@H]2COCCN2)ccc(F)c1Br. The zero-order valence-corrected chi connectivity index (χ0v) is 9.55. The van der Waals surface area contributed by atoms with Gasteiger partial charge in [0.05, 0.1) is 23.7 Å². The minimum absolute atomic E-state index is 0.0574. The molecule has 0 saturated carbocycles. The first-order chi connectivity index (χ1) is 7.20. The number of halogens is 2. The van der Waals surface area contributed by atoms with E-state index in [0.29, 0.717) is 18.8 Å². The van der Waals surface area contributed by atoms with Gasteiger partial charge in [0.15, 0.2) is 0 Å². The van der Waals surface area contributed by atoms with Crippen LogP contribution in [0.15, 0.2) is 16.6 Å². The lowest BCUT2D eigenvalue weighted by Gasteiger charge is -2.25. The minimum atomic E-state index is -0.465. The molecule has 82 valence electrons. The molecule has 1 aliphatic rings. The van der Waals surface area contributed by atoms with Gasteiger partial charge in [-0.05, 0) is 22.0 Å². The van der Waals surface area contributed by atoms with Crippen molar-refractivity contribution in [2.45, 2.75) is 6.04 Å². The van der Waals surface area contributed by atoms with Gasteiger partial charge in [-0.15, -0.1) is 0 Å². The zero-order valence-electron chi connectivity index (χ0n) is 7.96. The summed E-state index contributed by atoms with van der Waals surface area (Å²) in [5, 5.41) is 12.9. The predicted octanol–water partition coefficient (Wildman–Crippen LogP) is 1.95. The Morgan fingerprint density at radius 2 is 2.33 bits per heavy atom. The molecule has 2 N–H and O–H groups in total. The highest BCUT2D eigenvalue weighted by atomic mass is 79.9. The lowest BCUT2D eigenvalue weighted by atomic mass is 10.1. The average molecular weight is 276 g/mol. The van der Waals surface area contributed by atoms with Crippen molar-refractivity contribution in [3.05, 3.63) is 28.0 Å². The van der Waals surface area contributed by atoms with Gasteiger partial charge in [-0.1, -0.05) is 6.07 Å². The molecule has 3 nitrogen and oxygen atoms in total. The van der Waals surface area contributed by atoms with Crippen LogP contribution in [0.3, 0.4) is 0 Å². The van der Waals surface area contributed by atoms with Crippen molar-refractivity contribution >= 4 is 15.9 Å². The van der Waals surface area contributed by atoms with E-state index in [2.05, 4.69) is 21.2 Å². The van der Waals surface area contributed by atoms with Crippen LogP contribution in [0.5, 0.6) is 5.75 Å². The number of nitrogens with one attached hydrogen (secondary N) is 1. The van der Waals surface area contributed by atoms with Crippen LogP contribution in [0.2, 0.25) is 0 Å².